The maximum absolute atomic E-state index is 6.13. The van der Waals surface area contributed by atoms with Gasteiger partial charge in [-0.1, -0.05) is 12.1 Å². The number of guanidine groups is 1. The van der Waals surface area contributed by atoms with Crippen LogP contribution in [0.3, 0.4) is 0 Å². The maximum atomic E-state index is 6.13. The van der Waals surface area contributed by atoms with Gasteiger partial charge in [-0.25, -0.2) is 4.99 Å². The van der Waals surface area contributed by atoms with Gasteiger partial charge in [0.25, 0.3) is 0 Å². The molecule has 152 valence electrons. The SMILES string of the molecule is CCNC(=NCc1ccc(C)cc1OCC1CCOC1)NCc1ccnn1C. The summed E-state index contributed by atoms with van der Waals surface area (Å²) in [6.45, 7) is 8.49. The number of hydrogen-bond donors (Lipinski definition) is 2. The van der Waals surface area contributed by atoms with Gasteiger partial charge >= 0.3 is 0 Å². The molecule has 2 aromatic rings. The van der Waals surface area contributed by atoms with Gasteiger partial charge < -0.3 is 20.1 Å². The van der Waals surface area contributed by atoms with E-state index in [-0.39, 0.29) is 0 Å². The van der Waals surface area contributed by atoms with Gasteiger partial charge in [0.15, 0.2) is 5.96 Å². The Bertz CT molecular complexity index is 781. The molecule has 7 heteroatoms. The van der Waals surface area contributed by atoms with Crippen LogP contribution in [0.5, 0.6) is 5.75 Å². The molecular weight excluding hydrogens is 354 g/mol. The lowest BCUT2D eigenvalue weighted by Crippen LogP contribution is -2.37. The Balaban J connectivity index is 1.64. The topological polar surface area (TPSA) is 72.7 Å². The van der Waals surface area contributed by atoms with Crippen LogP contribution in [-0.2, 0) is 24.9 Å². The van der Waals surface area contributed by atoms with Crippen LogP contribution in [0.25, 0.3) is 0 Å². The van der Waals surface area contributed by atoms with E-state index in [1.54, 1.807) is 6.20 Å². The van der Waals surface area contributed by atoms with Crippen LogP contribution < -0.4 is 15.4 Å². The van der Waals surface area contributed by atoms with Gasteiger partial charge in [-0.05, 0) is 38.0 Å². The van der Waals surface area contributed by atoms with Crippen molar-refractivity contribution in [3.05, 3.63) is 47.3 Å². The number of aryl methyl sites for hydroxylation is 2. The lowest BCUT2D eigenvalue weighted by Gasteiger charge is -2.15. The number of aliphatic imine (C=N–C) groups is 1. The van der Waals surface area contributed by atoms with Gasteiger partial charge in [0, 0.05) is 37.9 Å². The largest absolute Gasteiger partial charge is 0.493 e. The zero-order valence-corrected chi connectivity index (χ0v) is 17.1. The molecule has 1 saturated heterocycles. The molecule has 2 heterocycles. The first-order chi connectivity index (χ1) is 13.7. The summed E-state index contributed by atoms with van der Waals surface area (Å²) in [5, 5.41) is 10.9. The number of ether oxygens (including phenoxy) is 2. The molecule has 3 rings (SSSR count). The molecule has 1 unspecified atom stereocenters. The van der Waals surface area contributed by atoms with Crippen LogP contribution in [0.1, 0.15) is 30.2 Å². The van der Waals surface area contributed by atoms with Gasteiger partial charge in [0.05, 0.1) is 32.0 Å². The van der Waals surface area contributed by atoms with Gasteiger partial charge in [0.1, 0.15) is 5.75 Å². The second kappa shape index (κ2) is 10.1. The molecule has 0 spiro atoms. The molecule has 0 radical (unpaired) electrons. The van der Waals surface area contributed by atoms with Crippen molar-refractivity contribution in [2.45, 2.75) is 33.4 Å². The Morgan fingerprint density at radius 3 is 2.96 bits per heavy atom. The van der Waals surface area contributed by atoms with Gasteiger partial charge in [-0.15, -0.1) is 0 Å². The summed E-state index contributed by atoms with van der Waals surface area (Å²) in [7, 11) is 1.94. The van der Waals surface area contributed by atoms with E-state index in [2.05, 4.69) is 47.8 Å². The van der Waals surface area contributed by atoms with Crippen LogP contribution in [0.4, 0.5) is 0 Å². The van der Waals surface area contributed by atoms with Gasteiger partial charge in [-0.2, -0.15) is 5.10 Å². The molecule has 28 heavy (non-hydrogen) atoms. The molecule has 0 saturated carbocycles. The van der Waals surface area contributed by atoms with E-state index < -0.39 is 0 Å². The fourth-order valence-electron chi connectivity index (χ4n) is 3.10. The summed E-state index contributed by atoms with van der Waals surface area (Å²) in [5.41, 5.74) is 3.37. The molecule has 0 bridgehead atoms. The summed E-state index contributed by atoms with van der Waals surface area (Å²) in [4.78, 5) is 4.74. The average molecular weight is 386 g/mol. The highest BCUT2D eigenvalue weighted by molar-refractivity contribution is 5.79. The molecular formula is C21H31N5O2. The number of nitrogens with zero attached hydrogens (tertiary/aromatic N) is 3. The standard InChI is InChI=1S/C21H31N5O2/c1-4-22-21(24-13-19-7-9-25-26(19)3)23-12-18-6-5-16(2)11-20(18)28-15-17-8-10-27-14-17/h5-7,9,11,17H,4,8,10,12-15H2,1-3H3,(H2,22,23,24). The summed E-state index contributed by atoms with van der Waals surface area (Å²) in [5.74, 6) is 2.17. The quantitative estimate of drug-likeness (QED) is 0.539. The molecule has 1 aliphatic heterocycles. The first kappa shape index (κ1) is 20.2. The molecule has 1 aliphatic rings. The van der Waals surface area contributed by atoms with Crippen LogP contribution in [0.2, 0.25) is 0 Å². The van der Waals surface area contributed by atoms with Crippen molar-refractivity contribution >= 4 is 5.96 Å². The highest BCUT2D eigenvalue weighted by Gasteiger charge is 2.17. The van der Waals surface area contributed by atoms with Crippen molar-refractivity contribution < 1.29 is 9.47 Å². The predicted molar refractivity (Wildman–Crippen MR) is 110 cm³/mol. The van der Waals surface area contributed by atoms with Gasteiger partial charge in [-0.3, -0.25) is 4.68 Å². The predicted octanol–water partition coefficient (Wildman–Crippen LogP) is 2.40. The third-order valence-corrected chi connectivity index (χ3v) is 4.83. The van der Waals surface area contributed by atoms with Crippen LogP contribution in [-0.4, -0.2) is 42.1 Å². The summed E-state index contributed by atoms with van der Waals surface area (Å²) >= 11 is 0. The van der Waals surface area contributed by atoms with Crippen LogP contribution in [0.15, 0.2) is 35.5 Å². The lowest BCUT2D eigenvalue weighted by molar-refractivity contribution is 0.166. The molecule has 7 nitrogen and oxygen atoms in total. The minimum absolute atomic E-state index is 0.481. The van der Waals surface area contributed by atoms with Crippen molar-refractivity contribution in [1.29, 1.82) is 0 Å². The van der Waals surface area contributed by atoms with E-state index in [1.807, 2.05) is 17.8 Å². The van der Waals surface area contributed by atoms with E-state index in [1.165, 1.54) is 5.56 Å². The Morgan fingerprint density at radius 1 is 1.36 bits per heavy atom. The number of benzene rings is 1. The minimum atomic E-state index is 0.481. The van der Waals surface area contributed by atoms with E-state index in [9.17, 15) is 0 Å². The molecule has 2 N–H and O–H groups in total. The van der Waals surface area contributed by atoms with Crippen LogP contribution >= 0.6 is 0 Å². The number of rotatable bonds is 8. The van der Waals surface area contributed by atoms with Crippen molar-refractivity contribution in [3.8, 4) is 5.75 Å². The third kappa shape index (κ3) is 5.73. The highest BCUT2D eigenvalue weighted by atomic mass is 16.5. The average Bonchev–Trinajstić information content (AvgIpc) is 3.35. The van der Waals surface area contributed by atoms with E-state index in [0.717, 1.165) is 49.1 Å². The Hall–Kier alpha value is -2.54. The zero-order valence-electron chi connectivity index (χ0n) is 17.1. The first-order valence-electron chi connectivity index (χ1n) is 9.95. The highest BCUT2D eigenvalue weighted by Crippen LogP contribution is 2.23. The fourth-order valence-corrected chi connectivity index (χ4v) is 3.10. The van der Waals surface area contributed by atoms with Crippen molar-refractivity contribution in [2.75, 3.05) is 26.4 Å². The monoisotopic (exact) mass is 385 g/mol. The minimum Gasteiger partial charge on any atom is -0.493 e. The Labute approximate surface area is 167 Å². The fraction of sp³-hybridized carbons (Fsp3) is 0.524. The molecule has 1 fully saturated rings. The molecule has 0 aliphatic carbocycles. The molecule has 1 atom stereocenters. The van der Waals surface area contributed by atoms with E-state index >= 15 is 0 Å². The van der Waals surface area contributed by atoms with Crippen molar-refractivity contribution in [1.82, 2.24) is 20.4 Å². The molecule has 0 amide bonds. The molecule has 1 aromatic carbocycles. The number of hydrogen-bond acceptors (Lipinski definition) is 4. The lowest BCUT2D eigenvalue weighted by atomic mass is 10.1. The summed E-state index contributed by atoms with van der Waals surface area (Å²) < 4.78 is 13.4. The summed E-state index contributed by atoms with van der Waals surface area (Å²) in [6, 6.07) is 8.29. The van der Waals surface area contributed by atoms with Gasteiger partial charge in [0.2, 0.25) is 0 Å². The smallest absolute Gasteiger partial charge is 0.191 e. The maximum Gasteiger partial charge on any atom is 0.191 e. The van der Waals surface area contributed by atoms with Crippen LogP contribution in [0, 0.1) is 12.8 Å². The second-order valence-electron chi connectivity index (χ2n) is 7.15. The Kier molecular flexibility index (Phi) is 7.31. The Morgan fingerprint density at radius 2 is 2.25 bits per heavy atom. The third-order valence-electron chi connectivity index (χ3n) is 4.83. The first-order valence-corrected chi connectivity index (χ1v) is 9.95. The zero-order chi connectivity index (χ0) is 19.8. The second-order valence-corrected chi connectivity index (χ2v) is 7.15. The van der Waals surface area contributed by atoms with E-state index in [4.69, 9.17) is 14.5 Å². The number of aromatic nitrogens is 2. The van der Waals surface area contributed by atoms with Crippen molar-refractivity contribution in [3.63, 3.8) is 0 Å². The van der Waals surface area contributed by atoms with Crippen molar-refractivity contribution in [2.24, 2.45) is 18.0 Å². The molecule has 1 aromatic heterocycles. The normalized spacial score (nSPS) is 17.0. The number of nitrogens with one attached hydrogen (secondary N) is 2. The van der Waals surface area contributed by atoms with E-state index in [0.29, 0.717) is 25.6 Å². The summed E-state index contributed by atoms with van der Waals surface area (Å²) in [6.07, 6.45) is 2.87.